The van der Waals surface area contributed by atoms with Crippen LogP contribution in [0, 0.1) is 10.1 Å². The molecule has 0 amide bonds. The van der Waals surface area contributed by atoms with Crippen LogP contribution in [0.3, 0.4) is 0 Å². The molecule has 0 saturated carbocycles. The molecule has 0 spiro atoms. The topological polar surface area (TPSA) is 60.2 Å². The standard InChI is InChI=1S/C10H11NO3/c1-7(2)9-3-8(6-12)4-10(5-9)11(13)14/h3-7H,1-2H3. The van der Waals surface area contributed by atoms with Gasteiger partial charge in [0.1, 0.15) is 6.29 Å². The highest BCUT2D eigenvalue weighted by Crippen LogP contribution is 2.22. The highest BCUT2D eigenvalue weighted by molar-refractivity contribution is 5.76. The molecule has 0 radical (unpaired) electrons. The number of nitro benzene ring substituents is 1. The van der Waals surface area contributed by atoms with Crippen molar-refractivity contribution in [1.82, 2.24) is 0 Å². The van der Waals surface area contributed by atoms with Crippen molar-refractivity contribution in [2.24, 2.45) is 0 Å². The molecule has 4 nitrogen and oxygen atoms in total. The molecule has 0 atom stereocenters. The van der Waals surface area contributed by atoms with E-state index in [4.69, 9.17) is 0 Å². The van der Waals surface area contributed by atoms with E-state index in [1.807, 2.05) is 13.8 Å². The molecule has 0 fully saturated rings. The first-order valence-electron chi connectivity index (χ1n) is 4.29. The Morgan fingerprint density at radius 2 is 2.00 bits per heavy atom. The lowest BCUT2D eigenvalue weighted by atomic mass is 10.0. The molecule has 14 heavy (non-hydrogen) atoms. The molecule has 0 unspecified atom stereocenters. The Kier molecular flexibility index (Phi) is 2.96. The lowest BCUT2D eigenvalue weighted by Crippen LogP contribution is -1.95. The molecule has 0 aliphatic heterocycles. The summed E-state index contributed by atoms with van der Waals surface area (Å²) in [6.07, 6.45) is 0.624. The van der Waals surface area contributed by atoms with Crippen LogP contribution in [-0.4, -0.2) is 11.2 Å². The summed E-state index contributed by atoms with van der Waals surface area (Å²) in [5.74, 6) is 0.175. The normalized spacial score (nSPS) is 10.2. The summed E-state index contributed by atoms with van der Waals surface area (Å²) >= 11 is 0. The smallest absolute Gasteiger partial charge is 0.270 e. The molecule has 0 aromatic heterocycles. The predicted octanol–water partition coefficient (Wildman–Crippen LogP) is 2.53. The number of hydrogen-bond donors (Lipinski definition) is 0. The second kappa shape index (κ2) is 4.00. The van der Waals surface area contributed by atoms with E-state index in [1.165, 1.54) is 12.1 Å². The minimum Gasteiger partial charge on any atom is -0.298 e. The van der Waals surface area contributed by atoms with Gasteiger partial charge in [0.2, 0.25) is 0 Å². The fraction of sp³-hybridized carbons (Fsp3) is 0.300. The Bertz CT molecular complexity index is 372. The fourth-order valence-electron chi connectivity index (χ4n) is 1.17. The van der Waals surface area contributed by atoms with Gasteiger partial charge in [-0.3, -0.25) is 14.9 Å². The fourth-order valence-corrected chi connectivity index (χ4v) is 1.17. The summed E-state index contributed by atoms with van der Waals surface area (Å²) in [5.41, 5.74) is 1.13. The van der Waals surface area contributed by atoms with Gasteiger partial charge in [-0.1, -0.05) is 13.8 Å². The highest BCUT2D eigenvalue weighted by atomic mass is 16.6. The van der Waals surface area contributed by atoms with Crippen molar-refractivity contribution in [2.75, 3.05) is 0 Å². The summed E-state index contributed by atoms with van der Waals surface area (Å²) in [7, 11) is 0. The zero-order valence-corrected chi connectivity index (χ0v) is 8.06. The van der Waals surface area contributed by atoms with E-state index < -0.39 is 4.92 Å². The molecule has 0 saturated heterocycles. The highest BCUT2D eigenvalue weighted by Gasteiger charge is 2.10. The molecule has 74 valence electrons. The lowest BCUT2D eigenvalue weighted by Gasteiger charge is -2.05. The lowest BCUT2D eigenvalue weighted by molar-refractivity contribution is -0.384. The van der Waals surface area contributed by atoms with Crippen molar-refractivity contribution in [3.05, 3.63) is 39.4 Å². The molecular weight excluding hydrogens is 182 g/mol. The van der Waals surface area contributed by atoms with Gasteiger partial charge >= 0.3 is 0 Å². The van der Waals surface area contributed by atoms with Gasteiger partial charge in [-0.25, -0.2) is 0 Å². The van der Waals surface area contributed by atoms with Crippen molar-refractivity contribution in [2.45, 2.75) is 19.8 Å². The number of nitrogens with zero attached hydrogens (tertiary/aromatic N) is 1. The Labute approximate surface area is 81.7 Å². The number of carbonyl (C=O) groups is 1. The quantitative estimate of drug-likeness (QED) is 0.421. The van der Waals surface area contributed by atoms with Gasteiger partial charge in [-0.15, -0.1) is 0 Å². The number of hydrogen-bond acceptors (Lipinski definition) is 3. The number of aldehydes is 1. The van der Waals surface area contributed by atoms with E-state index in [0.29, 0.717) is 11.8 Å². The van der Waals surface area contributed by atoms with Gasteiger partial charge in [0.25, 0.3) is 5.69 Å². The maximum absolute atomic E-state index is 10.5. The third kappa shape index (κ3) is 2.16. The van der Waals surface area contributed by atoms with Gasteiger partial charge in [0, 0.05) is 17.7 Å². The van der Waals surface area contributed by atoms with Crippen LogP contribution in [0.4, 0.5) is 5.69 Å². The number of rotatable bonds is 3. The zero-order valence-electron chi connectivity index (χ0n) is 8.06. The first kappa shape index (κ1) is 10.4. The third-order valence-electron chi connectivity index (χ3n) is 1.98. The van der Waals surface area contributed by atoms with Gasteiger partial charge in [0.05, 0.1) is 4.92 Å². The molecule has 0 aliphatic carbocycles. The van der Waals surface area contributed by atoms with Crippen LogP contribution < -0.4 is 0 Å². The van der Waals surface area contributed by atoms with Gasteiger partial charge in [0.15, 0.2) is 0 Å². The summed E-state index contributed by atoms with van der Waals surface area (Å²) in [6.45, 7) is 3.85. The van der Waals surface area contributed by atoms with E-state index >= 15 is 0 Å². The summed E-state index contributed by atoms with van der Waals surface area (Å²) in [4.78, 5) is 20.6. The largest absolute Gasteiger partial charge is 0.298 e. The molecule has 0 aliphatic rings. The van der Waals surface area contributed by atoms with Gasteiger partial charge in [-0.2, -0.15) is 0 Å². The van der Waals surface area contributed by atoms with E-state index in [-0.39, 0.29) is 11.6 Å². The SMILES string of the molecule is CC(C)c1cc(C=O)cc([N+](=O)[O-])c1. The van der Waals surface area contributed by atoms with Crippen LogP contribution in [0.15, 0.2) is 18.2 Å². The Morgan fingerprint density at radius 1 is 1.36 bits per heavy atom. The molecule has 1 rings (SSSR count). The minimum absolute atomic E-state index is 0.0294. The second-order valence-corrected chi connectivity index (χ2v) is 3.39. The second-order valence-electron chi connectivity index (χ2n) is 3.39. The van der Waals surface area contributed by atoms with E-state index in [1.54, 1.807) is 6.07 Å². The average molecular weight is 193 g/mol. The molecule has 0 bridgehead atoms. The Balaban J connectivity index is 3.27. The average Bonchev–Trinajstić information content (AvgIpc) is 2.16. The summed E-state index contributed by atoms with van der Waals surface area (Å²) < 4.78 is 0. The maximum Gasteiger partial charge on any atom is 0.270 e. The molecule has 1 aromatic carbocycles. The predicted molar refractivity (Wildman–Crippen MR) is 52.6 cm³/mol. The summed E-state index contributed by atoms with van der Waals surface area (Å²) in [6, 6.07) is 4.45. The van der Waals surface area contributed by atoms with Crippen molar-refractivity contribution < 1.29 is 9.72 Å². The molecule has 4 heteroatoms. The van der Waals surface area contributed by atoms with Crippen molar-refractivity contribution in [3.63, 3.8) is 0 Å². The molecule has 1 aromatic rings. The van der Waals surface area contributed by atoms with Gasteiger partial charge < -0.3 is 0 Å². The van der Waals surface area contributed by atoms with Crippen molar-refractivity contribution in [3.8, 4) is 0 Å². The number of carbonyl (C=O) groups excluding carboxylic acids is 1. The van der Waals surface area contributed by atoms with Crippen LogP contribution >= 0.6 is 0 Å². The van der Waals surface area contributed by atoms with E-state index in [9.17, 15) is 14.9 Å². The Hall–Kier alpha value is -1.71. The molecule has 0 N–H and O–H groups in total. The zero-order chi connectivity index (χ0) is 10.7. The number of nitro groups is 1. The minimum atomic E-state index is -0.487. The van der Waals surface area contributed by atoms with Crippen LogP contribution in [0.2, 0.25) is 0 Å². The molecule has 0 heterocycles. The summed E-state index contributed by atoms with van der Waals surface area (Å²) in [5, 5.41) is 10.5. The van der Waals surface area contributed by atoms with Crippen LogP contribution in [-0.2, 0) is 0 Å². The number of benzene rings is 1. The first-order chi connectivity index (χ1) is 6.54. The van der Waals surface area contributed by atoms with Gasteiger partial charge in [-0.05, 0) is 17.5 Å². The van der Waals surface area contributed by atoms with E-state index in [0.717, 1.165) is 5.56 Å². The van der Waals surface area contributed by atoms with Crippen LogP contribution in [0.1, 0.15) is 35.7 Å². The van der Waals surface area contributed by atoms with E-state index in [2.05, 4.69) is 0 Å². The number of non-ortho nitro benzene ring substituents is 1. The third-order valence-corrected chi connectivity index (χ3v) is 1.98. The monoisotopic (exact) mass is 193 g/mol. The molecular formula is C10H11NO3. The van der Waals surface area contributed by atoms with Crippen molar-refractivity contribution >= 4 is 12.0 Å². The first-order valence-corrected chi connectivity index (χ1v) is 4.29. The van der Waals surface area contributed by atoms with Crippen molar-refractivity contribution in [1.29, 1.82) is 0 Å². The van der Waals surface area contributed by atoms with Crippen LogP contribution in [0.25, 0.3) is 0 Å². The maximum atomic E-state index is 10.5. The van der Waals surface area contributed by atoms with Crippen LogP contribution in [0.5, 0.6) is 0 Å². The Morgan fingerprint density at radius 3 is 2.43 bits per heavy atom.